The summed E-state index contributed by atoms with van der Waals surface area (Å²) in [6.07, 6.45) is 3.47. The summed E-state index contributed by atoms with van der Waals surface area (Å²) in [6, 6.07) is 9.37. The number of carbonyl (C=O) groups is 1. The first-order valence-corrected chi connectivity index (χ1v) is 7.29. The summed E-state index contributed by atoms with van der Waals surface area (Å²) in [6.45, 7) is 1.94. The molecule has 1 aromatic heterocycles. The number of carbonyl (C=O) groups excluding carboxylic acids is 1. The Bertz CT molecular complexity index is 569. The molecule has 0 bridgehead atoms. The second kappa shape index (κ2) is 7.61. The molecule has 2 atom stereocenters. The van der Waals surface area contributed by atoms with Crippen LogP contribution in [-0.4, -0.2) is 45.7 Å². The number of nitrogens with one attached hydrogen (secondary N) is 2. The molecular formula is C16H22N4O2. The Labute approximate surface area is 130 Å². The maximum atomic E-state index is 12.3. The number of amides is 2. The van der Waals surface area contributed by atoms with Gasteiger partial charge in [0.05, 0.1) is 12.1 Å². The summed E-state index contributed by atoms with van der Waals surface area (Å²) in [5.41, 5.74) is 1.01. The number of H-pyrrole nitrogens is 1. The van der Waals surface area contributed by atoms with Gasteiger partial charge in [-0.05, 0) is 12.5 Å². The highest BCUT2D eigenvalue weighted by molar-refractivity contribution is 5.74. The van der Waals surface area contributed by atoms with Gasteiger partial charge in [-0.25, -0.2) is 9.78 Å². The van der Waals surface area contributed by atoms with Crippen LogP contribution in [0.3, 0.4) is 0 Å². The number of nitrogens with zero attached hydrogens (tertiary/aromatic N) is 2. The Morgan fingerprint density at radius 3 is 2.73 bits per heavy atom. The quantitative estimate of drug-likeness (QED) is 0.760. The predicted octanol–water partition coefficient (Wildman–Crippen LogP) is 1.72. The highest BCUT2D eigenvalue weighted by Gasteiger charge is 2.19. The minimum atomic E-state index is -0.559. The fourth-order valence-corrected chi connectivity index (χ4v) is 2.28. The highest BCUT2D eigenvalue weighted by Crippen LogP contribution is 2.17. The third-order valence-corrected chi connectivity index (χ3v) is 3.34. The average Bonchev–Trinajstić information content (AvgIpc) is 2.99. The van der Waals surface area contributed by atoms with Gasteiger partial charge in [-0.2, -0.15) is 0 Å². The van der Waals surface area contributed by atoms with Gasteiger partial charge in [-0.1, -0.05) is 30.3 Å². The van der Waals surface area contributed by atoms with Crippen LogP contribution in [0.5, 0.6) is 0 Å². The molecule has 2 aromatic rings. The van der Waals surface area contributed by atoms with Gasteiger partial charge in [0.2, 0.25) is 0 Å². The van der Waals surface area contributed by atoms with E-state index in [0.717, 1.165) is 11.4 Å². The van der Waals surface area contributed by atoms with Crippen molar-refractivity contribution >= 4 is 6.03 Å². The second-order valence-electron chi connectivity index (χ2n) is 5.38. The van der Waals surface area contributed by atoms with E-state index < -0.39 is 6.10 Å². The summed E-state index contributed by atoms with van der Waals surface area (Å²) < 4.78 is 0. The van der Waals surface area contributed by atoms with E-state index in [1.54, 1.807) is 26.4 Å². The summed E-state index contributed by atoms with van der Waals surface area (Å²) >= 11 is 0. The van der Waals surface area contributed by atoms with E-state index in [0.29, 0.717) is 6.42 Å². The monoisotopic (exact) mass is 302 g/mol. The van der Waals surface area contributed by atoms with Gasteiger partial charge < -0.3 is 20.3 Å². The molecule has 3 N–H and O–H groups in total. The van der Waals surface area contributed by atoms with Crippen molar-refractivity contribution in [2.45, 2.75) is 25.5 Å². The van der Waals surface area contributed by atoms with Gasteiger partial charge >= 0.3 is 6.03 Å². The lowest BCUT2D eigenvalue weighted by molar-refractivity contribution is 0.142. The third kappa shape index (κ3) is 4.60. The maximum absolute atomic E-state index is 12.3. The van der Waals surface area contributed by atoms with Crippen LogP contribution in [0, 0.1) is 0 Å². The van der Waals surface area contributed by atoms with E-state index in [9.17, 15) is 9.90 Å². The molecule has 0 spiro atoms. The highest BCUT2D eigenvalue weighted by atomic mass is 16.3. The fourth-order valence-electron chi connectivity index (χ4n) is 2.28. The van der Waals surface area contributed by atoms with Crippen molar-refractivity contribution in [3.8, 4) is 0 Å². The van der Waals surface area contributed by atoms with Crippen LogP contribution >= 0.6 is 0 Å². The lowest BCUT2D eigenvalue weighted by atomic mass is 10.0. The van der Waals surface area contributed by atoms with E-state index >= 15 is 0 Å². The molecule has 6 nitrogen and oxygen atoms in total. The smallest absolute Gasteiger partial charge is 0.317 e. The normalized spacial score (nSPS) is 13.4. The van der Waals surface area contributed by atoms with Crippen LogP contribution in [0.4, 0.5) is 4.79 Å². The van der Waals surface area contributed by atoms with Crippen molar-refractivity contribution < 1.29 is 9.90 Å². The standard InChI is InChI=1S/C16H22N4O2/c1-12(21)11-20(2)16(22)19-14(10-15-17-8-9-18-15)13-6-4-3-5-7-13/h3-9,12,14,21H,10-11H2,1-2H3,(H,17,18)(H,19,22). The lowest BCUT2D eigenvalue weighted by Crippen LogP contribution is -2.42. The predicted molar refractivity (Wildman–Crippen MR) is 84.3 cm³/mol. The third-order valence-electron chi connectivity index (χ3n) is 3.34. The minimum absolute atomic E-state index is 0.184. The molecule has 6 heteroatoms. The largest absolute Gasteiger partial charge is 0.392 e. The van der Waals surface area contributed by atoms with E-state index in [1.165, 1.54) is 4.90 Å². The first-order valence-electron chi connectivity index (χ1n) is 7.29. The van der Waals surface area contributed by atoms with Crippen LogP contribution in [0.1, 0.15) is 24.4 Å². The Morgan fingerprint density at radius 1 is 1.41 bits per heavy atom. The van der Waals surface area contributed by atoms with Gasteiger partial charge in [-0.3, -0.25) is 0 Å². The summed E-state index contributed by atoms with van der Waals surface area (Å²) in [4.78, 5) is 21.0. The maximum Gasteiger partial charge on any atom is 0.317 e. The molecule has 118 valence electrons. The molecule has 0 aliphatic carbocycles. The fraction of sp³-hybridized carbons (Fsp3) is 0.375. The van der Waals surface area contributed by atoms with Crippen molar-refractivity contribution in [2.24, 2.45) is 0 Å². The first-order chi connectivity index (χ1) is 10.6. The first kappa shape index (κ1) is 16.0. The van der Waals surface area contributed by atoms with E-state index in [2.05, 4.69) is 15.3 Å². The Hall–Kier alpha value is -2.34. The number of aliphatic hydroxyl groups is 1. The summed E-state index contributed by atoms with van der Waals surface area (Å²) in [7, 11) is 1.66. The van der Waals surface area contributed by atoms with Crippen LogP contribution in [0.2, 0.25) is 0 Å². The van der Waals surface area contributed by atoms with E-state index in [-0.39, 0.29) is 18.6 Å². The topological polar surface area (TPSA) is 81.2 Å². The van der Waals surface area contributed by atoms with Gasteiger partial charge in [0, 0.05) is 32.4 Å². The van der Waals surface area contributed by atoms with Gasteiger partial charge in [0.1, 0.15) is 5.82 Å². The molecule has 2 amide bonds. The molecule has 0 fully saturated rings. The van der Waals surface area contributed by atoms with E-state index in [4.69, 9.17) is 0 Å². The molecule has 1 heterocycles. The second-order valence-corrected chi connectivity index (χ2v) is 5.38. The van der Waals surface area contributed by atoms with Crippen molar-refractivity contribution in [1.82, 2.24) is 20.2 Å². The number of aromatic amines is 1. The van der Waals surface area contributed by atoms with E-state index in [1.807, 2.05) is 30.3 Å². The summed E-state index contributed by atoms with van der Waals surface area (Å²) in [5, 5.41) is 12.4. The number of benzene rings is 1. The lowest BCUT2D eigenvalue weighted by Gasteiger charge is -2.24. The molecule has 0 saturated carbocycles. The Balaban J connectivity index is 2.09. The van der Waals surface area contributed by atoms with Crippen LogP contribution in [0.15, 0.2) is 42.7 Å². The zero-order valence-corrected chi connectivity index (χ0v) is 12.9. The zero-order valence-electron chi connectivity index (χ0n) is 12.9. The van der Waals surface area contributed by atoms with Crippen LogP contribution in [-0.2, 0) is 6.42 Å². The number of rotatable bonds is 6. The number of urea groups is 1. The molecule has 2 unspecified atom stereocenters. The molecule has 1 aromatic carbocycles. The van der Waals surface area contributed by atoms with Crippen LogP contribution < -0.4 is 5.32 Å². The molecule has 22 heavy (non-hydrogen) atoms. The molecule has 0 radical (unpaired) electrons. The van der Waals surface area contributed by atoms with Crippen molar-refractivity contribution in [1.29, 1.82) is 0 Å². The number of hydrogen-bond donors (Lipinski definition) is 3. The SMILES string of the molecule is CC(O)CN(C)C(=O)NC(Cc1ncc[nH]1)c1ccccc1. The van der Waals surface area contributed by atoms with Gasteiger partial charge in [0.25, 0.3) is 0 Å². The number of aliphatic hydroxyl groups excluding tert-OH is 1. The number of aromatic nitrogens is 2. The van der Waals surface area contributed by atoms with Crippen molar-refractivity contribution in [3.63, 3.8) is 0 Å². The molecule has 0 aliphatic rings. The Kier molecular flexibility index (Phi) is 5.55. The number of imidazole rings is 1. The minimum Gasteiger partial charge on any atom is -0.392 e. The average molecular weight is 302 g/mol. The molecule has 0 aliphatic heterocycles. The Morgan fingerprint density at radius 2 is 2.14 bits per heavy atom. The van der Waals surface area contributed by atoms with Crippen molar-refractivity contribution in [3.05, 3.63) is 54.1 Å². The molecule has 2 rings (SSSR count). The zero-order chi connectivity index (χ0) is 15.9. The van der Waals surface area contributed by atoms with Crippen molar-refractivity contribution in [2.75, 3.05) is 13.6 Å². The van der Waals surface area contributed by atoms with Gasteiger partial charge in [0.15, 0.2) is 0 Å². The molecular weight excluding hydrogens is 280 g/mol. The summed E-state index contributed by atoms with van der Waals surface area (Å²) in [5.74, 6) is 0.812. The van der Waals surface area contributed by atoms with Crippen LogP contribution in [0.25, 0.3) is 0 Å². The molecule has 0 saturated heterocycles. The number of hydrogen-bond acceptors (Lipinski definition) is 3. The van der Waals surface area contributed by atoms with Gasteiger partial charge in [-0.15, -0.1) is 0 Å². The number of likely N-dealkylation sites (N-methyl/N-ethyl adjacent to an activating group) is 1.